The molecule has 0 saturated carbocycles. The minimum absolute atomic E-state index is 0.293. The summed E-state index contributed by atoms with van der Waals surface area (Å²) >= 11 is 0. The second-order valence-electron chi connectivity index (χ2n) is 4.43. The Balaban J connectivity index is 3.55. The van der Waals surface area contributed by atoms with Gasteiger partial charge in [0.15, 0.2) is 0 Å². The molecule has 0 heterocycles. The summed E-state index contributed by atoms with van der Waals surface area (Å²) in [7, 11) is 0. The van der Waals surface area contributed by atoms with E-state index in [0.717, 1.165) is 19.3 Å². The Kier molecular flexibility index (Phi) is 10.4. The fraction of sp³-hybridized carbons (Fsp3) is 1.00. The summed E-state index contributed by atoms with van der Waals surface area (Å²) < 4.78 is 0. The van der Waals surface area contributed by atoms with Crippen molar-refractivity contribution in [3.63, 3.8) is 0 Å². The van der Waals surface area contributed by atoms with E-state index >= 15 is 0 Å². The first kappa shape index (κ1) is 14.9. The Morgan fingerprint density at radius 2 is 1.60 bits per heavy atom. The number of unbranched alkanes of at least 4 members (excludes halogenated alkanes) is 3. The molecule has 15 heavy (non-hydrogen) atoms. The molecule has 0 aromatic rings. The van der Waals surface area contributed by atoms with Gasteiger partial charge >= 0.3 is 0 Å². The molecule has 0 amide bonds. The van der Waals surface area contributed by atoms with Gasteiger partial charge in [-0.1, -0.05) is 46.5 Å². The lowest BCUT2D eigenvalue weighted by Crippen LogP contribution is -2.37. The van der Waals surface area contributed by atoms with Crippen molar-refractivity contribution in [2.45, 2.75) is 84.4 Å². The molecule has 0 radical (unpaired) electrons. The molecule has 0 bridgehead atoms. The molecule has 2 heteroatoms. The van der Waals surface area contributed by atoms with Crippen LogP contribution in [0.3, 0.4) is 0 Å². The van der Waals surface area contributed by atoms with Gasteiger partial charge in [0, 0.05) is 6.04 Å². The Labute approximate surface area is 95.5 Å². The zero-order valence-corrected chi connectivity index (χ0v) is 10.8. The second-order valence-corrected chi connectivity index (χ2v) is 4.43. The molecule has 2 unspecified atom stereocenters. The molecular weight excluding hydrogens is 186 g/mol. The number of hydrogen-bond donors (Lipinski definition) is 2. The number of aliphatic hydroxyl groups is 1. The van der Waals surface area contributed by atoms with E-state index in [2.05, 4.69) is 26.1 Å². The Morgan fingerprint density at radius 1 is 0.933 bits per heavy atom. The van der Waals surface area contributed by atoms with E-state index in [1.165, 1.54) is 32.1 Å². The molecule has 2 N–H and O–H groups in total. The van der Waals surface area contributed by atoms with E-state index < -0.39 is 0 Å². The van der Waals surface area contributed by atoms with Crippen LogP contribution in [0, 0.1) is 0 Å². The van der Waals surface area contributed by atoms with E-state index in [0.29, 0.717) is 6.04 Å². The number of rotatable bonds is 10. The third kappa shape index (κ3) is 8.88. The molecular formula is C13H29NO. The van der Waals surface area contributed by atoms with Crippen molar-refractivity contribution in [2.24, 2.45) is 0 Å². The number of hydrogen-bond acceptors (Lipinski definition) is 2. The smallest absolute Gasteiger partial charge is 0.105 e. The van der Waals surface area contributed by atoms with Gasteiger partial charge in [-0.25, -0.2) is 0 Å². The third-order valence-corrected chi connectivity index (χ3v) is 2.91. The fourth-order valence-electron chi connectivity index (χ4n) is 1.80. The van der Waals surface area contributed by atoms with Crippen LogP contribution >= 0.6 is 0 Å². The van der Waals surface area contributed by atoms with Gasteiger partial charge in [0.1, 0.15) is 6.23 Å². The van der Waals surface area contributed by atoms with Crippen LogP contribution in [0.2, 0.25) is 0 Å². The van der Waals surface area contributed by atoms with Gasteiger partial charge in [-0.2, -0.15) is 0 Å². The van der Waals surface area contributed by atoms with Crippen molar-refractivity contribution in [3.05, 3.63) is 0 Å². The van der Waals surface area contributed by atoms with Gasteiger partial charge in [0.25, 0.3) is 0 Å². The molecule has 0 rings (SSSR count). The summed E-state index contributed by atoms with van der Waals surface area (Å²) in [6, 6.07) is 0.501. The summed E-state index contributed by atoms with van der Waals surface area (Å²) in [5.41, 5.74) is 0. The largest absolute Gasteiger partial charge is 0.379 e. The van der Waals surface area contributed by atoms with Crippen LogP contribution < -0.4 is 5.32 Å². The van der Waals surface area contributed by atoms with Crippen molar-refractivity contribution in [1.29, 1.82) is 0 Å². The first-order valence-electron chi connectivity index (χ1n) is 6.68. The molecule has 0 saturated heterocycles. The first-order valence-corrected chi connectivity index (χ1v) is 6.68. The molecule has 0 aliphatic rings. The van der Waals surface area contributed by atoms with E-state index in [-0.39, 0.29) is 6.23 Å². The van der Waals surface area contributed by atoms with Crippen molar-refractivity contribution in [1.82, 2.24) is 5.32 Å². The van der Waals surface area contributed by atoms with Crippen LogP contribution in [-0.4, -0.2) is 17.4 Å². The van der Waals surface area contributed by atoms with Gasteiger partial charge in [-0.15, -0.1) is 0 Å². The fourth-order valence-corrected chi connectivity index (χ4v) is 1.80. The average Bonchev–Trinajstić information content (AvgIpc) is 2.24. The lowest BCUT2D eigenvalue weighted by Gasteiger charge is -2.21. The van der Waals surface area contributed by atoms with Crippen LogP contribution in [0.4, 0.5) is 0 Å². The predicted molar refractivity (Wildman–Crippen MR) is 66.9 cm³/mol. The minimum Gasteiger partial charge on any atom is -0.379 e. The van der Waals surface area contributed by atoms with Crippen LogP contribution in [0.25, 0.3) is 0 Å². The standard InChI is InChI=1S/C13H29NO/c1-4-7-9-11-13(15)14-12(6-3)10-8-5-2/h12-15H,4-11H2,1-3H3. The maximum absolute atomic E-state index is 9.77. The van der Waals surface area contributed by atoms with Gasteiger partial charge in [0.05, 0.1) is 0 Å². The Morgan fingerprint density at radius 3 is 2.13 bits per heavy atom. The third-order valence-electron chi connectivity index (χ3n) is 2.91. The van der Waals surface area contributed by atoms with Crippen molar-refractivity contribution >= 4 is 0 Å². The highest BCUT2D eigenvalue weighted by Crippen LogP contribution is 2.07. The lowest BCUT2D eigenvalue weighted by atomic mass is 10.1. The topological polar surface area (TPSA) is 32.3 Å². The SMILES string of the molecule is CCCCCC(O)NC(CC)CCCC. The van der Waals surface area contributed by atoms with E-state index in [4.69, 9.17) is 0 Å². The quantitative estimate of drug-likeness (QED) is 0.432. The van der Waals surface area contributed by atoms with Crippen LogP contribution in [0.1, 0.15) is 72.1 Å². The summed E-state index contributed by atoms with van der Waals surface area (Å²) in [6.07, 6.45) is 8.99. The first-order chi connectivity index (χ1) is 7.24. The zero-order valence-electron chi connectivity index (χ0n) is 10.8. The van der Waals surface area contributed by atoms with Crippen LogP contribution in [-0.2, 0) is 0 Å². The zero-order chi connectivity index (χ0) is 11.5. The second kappa shape index (κ2) is 10.4. The van der Waals surface area contributed by atoms with Gasteiger partial charge < -0.3 is 5.11 Å². The highest BCUT2D eigenvalue weighted by molar-refractivity contribution is 4.67. The van der Waals surface area contributed by atoms with Gasteiger partial charge in [-0.05, 0) is 25.7 Å². The van der Waals surface area contributed by atoms with Crippen LogP contribution in [0.5, 0.6) is 0 Å². The Hall–Kier alpha value is -0.0800. The minimum atomic E-state index is -0.293. The van der Waals surface area contributed by atoms with Crippen molar-refractivity contribution in [3.8, 4) is 0 Å². The Bertz CT molecular complexity index is 128. The molecule has 0 spiro atoms. The van der Waals surface area contributed by atoms with E-state index in [1.54, 1.807) is 0 Å². The maximum Gasteiger partial charge on any atom is 0.105 e. The summed E-state index contributed by atoms with van der Waals surface area (Å²) in [6.45, 7) is 6.59. The normalized spacial score (nSPS) is 15.2. The van der Waals surface area contributed by atoms with Gasteiger partial charge in [0.2, 0.25) is 0 Å². The summed E-state index contributed by atoms with van der Waals surface area (Å²) in [5.74, 6) is 0. The summed E-state index contributed by atoms with van der Waals surface area (Å²) in [5, 5.41) is 13.1. The molecule has 0 aromatic heterocycles. The maximum atomic E-state index is 9.77. The molecule has 0 fully saturated rings. The summed E-state index contributed by atoms with van der Waals surface area (Å²) in [4.78, 5) is 0. The number of aliphatic hydroxyl groups excluding tert-OH is 1. The highest BCUT2D eigenvalue weighted by atomic mass is 16.3. The molecule has 92 valence electrons. The lowest BCUT2D eigenvalue weighted by molar-refractivity contribution is 0.107. The molecule has 0 aromatic carbocycles. The average molecular weight is 215 g/mol. The van der Waals surface area contributed by atoms with E-state index in [9.17, 15) is 5.11 Å². The van der Waals surface area contributed by atoms with Crippen molar-refractivity contribution < 1.29 is 5.11 Å². The van der Waals surface area contributed by atoms with Gasteiger partial charge in [-0.3, -0.25) is 5.32 Å². The number of nitrogens with one attached hydrogen (secondary N) is 1. The monoisotopic (exact) mass is 215 g/mol. The molecule has 0 aliphatic carbocycles. The predicted octanol–water partition coefficient (Wildman–Crippen LogP) is 3.44. The van der Waals surface area contributed by atoms with Crippen LogP contribution in [0.15, 0.2) is 0 Å². The molecule has 2 nitrogen and oxygen atoms in total. The molecule has 0 aliphatic heterocycles. The highest BCUT2D eigenvalue weighted by Gasteiger charge is 2.10. The van der Waals surface area contributed by atoms with Crippen molar-refractivity contribution in [2.75, 3.05) is 0 Å². The molecule has 2 atom stereocenters. The van der Waals surface area contributed by atoms with E-state index in [1.807, 2.05) is 0 Å².